The van der Waals surface area contributed by atoms with Gasteiger partial charge in [-0.1, -0.05) is 37.0 Å². The zero-order chi connectivity index (χ0) is 15.5. The zero-order valence-electron chi connectivity index (χ0n) is 11.7. The summed E-state index contributed by atoms with van der Waals surface area (Å²) in [6.45, 7) is 4.53. The van der Waals surface area contributed by atoms with Gasteiger partial charge in [-0.25, -0.2) is 12.7 Å². The van der Waals surface area contributed by atoms with Crippen molar-refractivity contribution in [1.82, 2.24) is 4.31 Å². The summed E-state index contributed by atoms with van der Waals surface area (Å²) < 4.78 is 26.3. The summed E-state index contributed by atoms with van der Waals surface area (Å²) in [5, 5.41) is 0.481. The average molecular weight is 359 g/mol. The van der Waals surface area contributed by atoms with E-state index >= 15 is 0 Å². The molecule has 0 N–H and O–H groups in total. The summed E-state index contributed by atoms with van der Waals surface area (Å²) in [6.07, 6.45) is 0.781. The van der Waals surface area contributed by atoms with Crippen LogP contribution in [0.3, 0.4) is 0 Å². The monoisotopic (exact) mass is 357 g/mol. The van der Waals surface area contributed by atoms with Gasteiger partial charge in [-0.05, 0) is 30.0 Å². The summed E-state index contributed by atoms with van der Waals surface area (Å²) in [4.78, 5) is 0.0467. The molecule has 20 heavy (non-hydrogen) atoms. The molecule has 3 nitrogen and oxygen atoms in total. The maximum atomic E-state index is 12.5. The molecule has 0 spiro atoms. The molecule has 0 aliphatic rings. The van der Waals surface area contributed by atoms with Crippen molar-refractivity contribution in [2.75, 3.05) is 13.6 Å². The minimum absolute atomic E-state index is 0.0467. The molecule has 0 amide bonds. The highest BCUT2D eigenvalue weighted by Gasteiger charge is 2.24. The van der Waals surface area contributed by atoms with Crippen LogP contribution in [0.5, 0.6) is 0 Å². The Hall–Kier alpha value is -0.000000000000000111. The topological polar surface area (TPSA) is 37.4 Å². The highest BCUT2D eigenvalue weighted by atomic mass is 35.5. The largest absolute Gasteiger partial charge is 0.244 e. The number of rotatable bonds is 6. The van der Waals surface area contributed by atoms with Crippen LogP contribution in [0, 0.1) is 5.92 Å². The molecule has 0 bridgehead atoms. The van der Waals surface area contributed by atoms with Crippen LogP contribution in [0.25, 0.3) is 0 Å². The third kappa shape index (κ3) is 4.25. The Kier molecular flexibility index (Phi) is 6.61. The molecule has 0 unspecified atom stereocenters. The second kappa shape index (κ2) is 7.32. The molecule has 0 aliphatic carbocycles. The second-order valence-electron chi connectivity index (χ2n) is 5.02. The number of hydrogen-bond donors (Lipinski definition) is 0. The highest BCUT2D eigenvalue weighted by molar-refractivity contribution is 7.89. The van der Waals surface area contributed by atoms with Gasteiger partial charge < -0.3 is 0 Å². The van der Waals surface area contributed by atoms with Gasteiger partial charge in [0.1, 0.15) is 4.90 Å². The van der Waals surface area contributed by atoms with Gasteiger partial charge in [0.25, 0.3) is 0 Å². The van der Waals surface area contributed by atoms with Crippen LogP contribution in [0.1, 0.15) is 25.8 Å². The van der Waals surface area contributed by atoms with E-state index in [1.54, 1.807) is 7.05 Å². The maximum absolute atomic E-state index is 12.5. The van der Waals surface area contributed by atoms with Crippen molar-refractivity contribution in [2.24, 2.45) is 5.92 Å². The van der Waals surface area contributed by atoms with Crippen molar-refractivity contribution in [3.05, 3.63) is 27.7 Å². The van der Waals surface area contributed by atoms with E-state index in [0.29, 0.717) is 23.0 Å². The molecular formula is C13H18Cl3NO2S. The van der Waals surface area contributed by atoms with E-state index in [1.165, 1.54) is 16.4 Å². The van der Waals surface area contributed by atoms with Gasteiger partial charge in [0, 0.05) is 24.5 Å². The van der Waals surface area contributed by atoms with Crippen LogP contribution >= 0.6 is 34.8 Å². The molecule has 114 valence electrons. The third-order valence-corrected chi connectivity index (χ3v) is 5.92. The number of halogens is 3. The van der Waals surface area contributed by atoms with Crippen LogP contribution in [0.2, 0.25) is 10.0 Å². The Bertz CT molecular complexity index is 573. The number of hydrogen-bond acceptors (Lipinski definition) is 2. The predicted molar refractivity (Wildman–Crippen MR) is 85.3 cm³/mol. The first-order valence-corrected chi connectivity index (χ1v) is 8.93. The molecule has 0 radical (unpaired) electrons. The lowest BCUT2D eigenvalue weighted by atomic mass is 10.1. The quantitative estimate of drug-likeness (QED) is 0.707. The summed E-state index contributed by atoms with van der Waals surface area (Å²) in [5.74, 6) is 0.556. The van der Waals surface area contributed by atoms with Crippen molar-refractivity contribution < 1.29 is 8.42 Å². The molecule has 0 heterocycles. The SMILES string of the molecule is CC(C)CCN(C)S(=O)(=O)c1cc(CCl)c(Cl)cc1Cl. The maximum Gasteiger partial charge on any atom is 0.244 e. The fraction of sp³-hybridized carbons (Fsp3) is 0.538. The Balaban J connectivity index is 3.15. The predicted octanol–water partition coefficient (Wildman–Crippen LogP) is 4.40. The Labute approximate surface area is 135 Å². The molecule has 0 saturated heterocycles. The highest BCUT2D eigenvalue weighted by Crippen LogP contribution is 2.31. The second-order valence-corrected chi connectivity index (χ2v) is 8.11. The van der Waals surface area contributed by atoms with Crippen molar-refractivity contribution >= 4 is 44.8 Å². The Morgan fingerprint density at radius 1 is 1.20 bits per heavy atom. The minimum atomic E-state index is -3.63. The number of sulfonamides is 1. The third-order valence-electron chi connectivity index (χ3n) is 2.95. The lowest BCUT2D eigenvalue weighted by molar-refractivity contribution is 0.428. The van der Waals surface area contributed by atoms with Crippen LogP contribution in [0.4, 0.5) is 0 Å². The van der Waals surface area contributed by atoms with Gasteiger partial charge in [0.15, 0.2) is 0 Å². The first-order valence-electron chi connectivity index (χ1n) is 6.20. The Morgan fingerprint density at radius 2 is 1.80 bits per heavy atom. The molecule has 0 saturated carbocycles. The Morgan fingerprint density at radius 3 is 2.30 bits per heavy atom. The summed E-state index contributed by atoms with van der Waals surface area (Å²) in [6, 6.07) is 2.86. The molecule has 0 atom stereocenters. The molecule has 7 heteroatoms. The van der Waals surface area contributed by atoms with Gasteiger partial charge in [0.05, 0.1) is 5.02 Å². The molecule has 0 fully saturated rings. The van der Waals surface area contributed by atoms with E-state index in [-0.39, 0.29) is 15.8 Å². The van der Waals surface area contributed by atoms with Crippen molar-refractivity contribution in [3.8, 4) is 0 Å². The lowest BCUT2D eigenvalue weighted by Gasteiger charge is -2.19. The van der Waals surface area contributed by atoms with Gasteiger partial charge in [-0.3, -0.25) is 0 Å². The fourth-order valence-corrected chi connectivity index (χ4v) is 3.91. The smallest absolute Gasteiger partial charge is 0.207 e. The fourth-order valence-electron chi connectivity index (χ4n) is 1.60. The van der Waals surface area contributed by atoms with Crippen molar-refractivity contribution in [2.45, 2.75) is 31.0 Å². The van der Waals surface area contributed by atoms with E-state index in [0.717, 1.165) is 6.42 Å². The molecule has 1 aromatic carbocycles. The van der Waals surface area contributed by atoms with Crippen LogP contribution < -0.4 is 0 Å². The van der Waals surface area contributed by atoms with E-state index in [1.807, 2.05) is 13.8 Å². The van der Waals surface area contributed by atoms with Gasteiger partial charge in [-0.2, -0.15) is 0 Å². The van der Waals surface area contributed by atoms with Crippen LogP contribution in [-0.2, 0) is 15.9 Å². The minimum Gasteiger partial charge on any atom is -0.207 e. The van der Waals surface area contributed by atoms with E-state index < -0.39 is 10.0 Å². The first kappa shape index (κ1) is 18.1. The molecule has 1 aromatic rings. The first-order chi connectivity index (χ1) is 9.20. The van der Waals surface area contributed by atoms with E-state index in [4.69, 9.17) is 34.8 Å². The summed E-state index contributed by atoms with van der Waals surface area (Å²) in [7, 11) is -2.09. The van der Waals surface area contributed by atoms with Gasteiger partial charge in [-0.15, -0.1) is 11.6 Å². The standard InChI is InChI=1S/C13H18Cl3NO2S/c1-9(2)4-5-17(3)20(18,19)13-6-10(8-14)11(15)7-12(13)16/h6-7,9H,4-5,8H2,1-3H3. The van der Waals surface area contributed by atoms with E-state index in [2.05, 4.69) is 0 Å². The van der Waals surface area contributed by atoms with Crippen LogP contribution in [0.15, 0.2) is 17.0 Å². The molecule has 1 rings (SSSR count). The lowest BCUT2D eigenvalue weighted by Crippen LogP contribution is -2.29. The summed E-state index contributed by atoms with van der Waals surface area (Å²) >= 11 is 17.7. The number of alkyl halides is 1. The average Bonchev–Trinajstić information content (AvgIpc) is 2.35. The van der Waals surface area contributed by atoms with E-state index in [9.17, 15) is 8.42 Å². The number of nitrogens with zero attached hydrogens (tertiary/aromatic N) is 1. The molecule has 0 aliphatic heterocycles. The van der Waals surface area contributed by atoms with Crippen molar-refractivity contribution in [3.63, 3.8) is 0 Å². The zero-order valence-corrected chi connectivity index (χ0v) is 14.7. The molecular weight excluding hydrogens is 341 g/mol. The normalized spacial score (nSPS) is 12.4. The number of benzene rings is 1. The summed E-state index contributed by atoms with van der Waals surface area (Å²) in [5.41, 5.74) is 0.550. The van der Waals surface area contributed by atoms with Crippen molar-refractivity contribution in [1.29, 1.82) is 0 Å². The van der Waals surface area contributed by atoms with Gasteiger partial charge >= 0.3 is 0 Å². The molecule has 0 aromatic heterocycles. The van der Waals surface area contributed by atoms with Crippen LogP contribution in [-0.4, -0.2) is 26.3 Å². The van der Waals surface area contributed by atoms with Gasteiger partial charge in [0.2, 0.25) is 10.0 Å².